The summed E-state index contributed by atoms with van der Waals surface area (Å²) in [6, 6.07) is 0. The van der Waals surface area contributed by atoms with Gasteiger partial charge >= 0.3 is 0 Å². The predicted octanol–water partition coefficient (Wildman–Crippen LogP) is 1.00. The van der Waals surface area contributed by atoms with E-state index in [1.54, 1.807) is 0 Å². The smallest absolute Gasteiger partial charge is 0.211 e. The molecule has 0 bridgehead atoms. The zero-order chi connectivity index (χ0) is 8.53. The number of alkyl halides is 1. The average Bonchev–Trinajstić information content (AvgIpc) is 1.99. The van der Waals surface area contributed by atoms with Crippen LogP contribution in [0.1, 0.15) is 12.8 Å². The molecule has 60 valence electrons. The van der Waals surface area contributed by atoms with Crippen LogP contribution in [0.3, 0.4) is 0 Å². The van der Waals surface area contributed by atoms with Crippen LogP contribution in [0, 0.1) is 0 Å². The Hall–Kier alpha value is -0.950. The average molecular weight is 175 g/mol. The first-order valence-corrected chi connectivity index (χ1v) is 3.49. The molecule has 4 nitrogen and oxygen atoms in total. The first kappa shape index (κ1) is 10.0. The van der Waals surface area contributed by atoms with Gasteiger partial charge in [-0.3, -0.25) is 0 Å². The molecule has 0 aromatic carbocycles. The summed E-state index contributed by atoms with van der Waals surface area (Å²) in [6.45, 7) is 0.376. The van der Waals surface area contributed by atoms with Crippen LogP contribution < -0.4 is 0 Å². The number of hydrogen-bond acceptors (Lipinski definition) is 4. The van der Waals surface area contributed by atoms with Crippen LogP contribution in [0.25, 0.3) is 0 Å². The van der Waals surface area contributed by atoms with E-state index in [0.29, 0.717) is 19.4 Å². The van der Waals surface area contributed by atoms with Crippen LogP contribution in [-0.4, -0.2) is 24.2 Å². The van der Waals surface area contributed by atoms with Crippen molar-refractivity contribution in [1.82, 2.24) is 0 Å². The Kier molecular flexibility index (Phi) is 6.54. The fraction of sp³-hybridized carbons (Fsp3) is 0.667. The largest absolute Gasteiger partial charge is 0.236 e. The number of rotatable bonds is 5. The van der Waals surface area contributed by atoms with Crippen molar-refractivity contribution in [1.29, 1.82) is 0 Å². The van der Waals surface area contributed by atoms with Gasteiger partial charge in [0, 0.05) is 0 Å². The SMILES string of the molecule is O=C=NCCCC(Cl)N=C=O. The van der Waals surface area contributed by atoms with Crippen molar-refractivity contribution in [3.8, 4) is 0 Å². The summed E-state index contributed by atoms with van der Waals surface area (Å²) in [4.78, 5) is 25.7. The summed E-state index contributed by atoms with van der Waals surface area (Å²) >= 11 is 5.49. The number of aliphatic imine (C=N–C) groups is 2. The predicted molar refractivity (Wildman–Crippen MR) is 40.0 cm³/mol. The van der Waals surface area contributed by atoms with Crippen molar-refractivity contribution in [2.24, 2.45) is 9.98 Å². The molecule has 1 atom stereocenters. The quantitative estimate of drug-likeness (QED) is 0.205. The van der Waals surface area contributed by atoms with E-state index in [1.807, 2.05) is 0 Å². The van der Waals surface area contributed by atoms with E-state index in [4.69, 9.17) is 11.6 Å². The van der Waals surface area contributed by atoms with Crippen molar-refractivity contribution in [2.45, 2.75) is 18.3 Å². The molecule has 0 aliphatic carbocycles. The molecule has 0 radical (unpaired) electrons. The van der Waals surface area contributed by atoms with E-state index in [2.05, 4.69) is 9.98 Å². The lowest BCUT2D eigenvalue weighted by atomic mass is 10.3. The van der Waals surface area contributed by atoms with Gasteiger partial charge in [-0.25, -0.2) is 14.6 Å². The Morgan fingerprint density at radius 1 is 1.36 bits per heavy atom. The lowest BCUT2D eigenvalue weighted by Crippen LogP contribution is -1.94. The van der Waals surface area contributed by atoms with Crippen molar-refractivity contribution < 1.29 is 9.59 Å². The lowest BCUT2D eigenvalue weighted by Gasteiger charge is -1.96. The molecule has 0 spiro atoms. The summed E-state index contributed by atoms with van der Waals surface area (Å²) in [7, 11) is 0. The maximum atomic E-state index is 9.64. The van der Waals surface area contributed by atoms with E-state index >= 15 is 0 Å². The fourth-order valence-electron chi connectivity index (χ4n) is 0.506. The molecule has 0 fully saturated rings. The van der Waals surface area contributed by atoms with Crippen molar-refractivity contribution in [3.63, 3.8) is 0 Å². The second-order valence-corrected chi connectivity index (χ2v) is 2.27. The normalized spacial score (nSPS) is 11.0. The minimum atomic E-state index is -0.547. The molecule has 0 N–H and O–H groups in total. The van der Waals surface area contributed by atoms with E-state index in [-0.39, 0.29) is 0 Å². The van der Waals surface area contributed by atoms with Gasteiger partial charge in [-0.2, -0.15) is 4.99 Å². The monoisotopic (exact) mass is 174 g/mol. The zero-order valence-electron chi connectivity index (χ0n) is 5.79. The summed E-state index contributed by atoms with van der Waals surface area (Å²) in [6.07, 6.45) is 3.88. The third-order valence-corrected chi connectivity index (χ3v) is 1.29. The standard InChI is InChI=1S/C6H7ClN2O2/c7-6(9-5-11)2-1-3-8-4-10/h6H,1-3H2. The Balaban J connectivity index is 3.37. The molecule has 0 aromatic rings. The van der Waals surface area contributed by atoms with E-state index in [0.717, 1.165) is 0 Å². The van der Waals surface area contributed by atoms with Crippen molar-refractivity contribution in [3.05, 3.63) is 0 Å². The Morgan fingerprint density at radius 3 is 2.64 bits per heavy atom. The van der Waals surface area contributed by atoms with Crippen LogP contribution in [0.2, 0.25) is 0 Å². The summed E-state index contributed by atoms with van der Waals surface area (Å²) in [5.41, 5.74) is -0.547. The first-order valence-electron chi connectivity index (χ1n) is 3.06. The third kappa shape index (κ3) is 6.94. The zero-order valence-corrected chi connectivity index (χ0v) is 6.54. The van der Waals surface area contributed by atoms with E-state index < -0.39 is 5.50 Å². The first-order chi connectivity index (χ1) is 5.31. The topological polar surface area (TPSA) is 58.9 Å². The molecule has 0 aliphatic heterocycles. The number of halogens is 1. The third-order valence-electron chi connectivity index (χ3n) is 0.970. The van der Waals surface area contributed by atoms with Gasteiger partial charge in [-0.1, -0.05) is 11.6 Å². The van der Waals surface area contributed by atoms with E-state index in [1.165, 1.54) is 12.2 Å². The minimum Gasteiger partial charge on any atom is -0.211 e. The maximum Gasteiger partial charge on any atom is 0.236 e. The highest BCUT2D eigenvalue weighted by Crippen LogP contribution is 2.05. The summed E-state index contributed by atoms with van der Waals surface area (Å²) in [5.74, 6) is 0. The molecule has 0 heterocycles. The molecule has 0 aromatic heterocycles. The number of carbonyl (C=O) groups excluding carboxylic acids is 2. The highest BCUT2D eigenvalue weighted by molar-refractivity contribution is 6.20. The molecule has 5 heteroatoms. The number of hydrogen-bond donors (Lipinski definition) is 0. The van der Waals surface area contributed by atoms with Gasteiger partial charge in [0.05, 0.1) is 6.54 Å². The number of isocyanates is 2. The summed E-state index contributed by atoms with van der Waals surface area (Å²) < 4.78 is 0. The van der Waals surface area contributed by atoms with Crippen LogP contribution >= 0.6 is 11.6 Å². The minimum absolute atomic E-state index is 0.376. The highest BCUT2D eigenvalue weighted by atomic mass is 35.5. The molecule has 11 heavy (non-hydrogen) atoms. The van der Waals surface area contributed by atoms with E-state index in [9.17, 15) is 9.59 Å². The van der Waals surface area contributed by atoms with Crippen LogP contribution in [-0.2, 0) is 9.59 Å². The van der Waals surface area contributed by atoms with Gasteiger partial charge < -0.3 is 0 Å². The molecule has 0 aliphatic rings. The van der Waals surface area contributed by atoms with Crippen molar-refractivity contribution >= 4 is 23.8 Å². The Bertz CT molecular complexity index is 195. The molecule has 0 rings (SSSR count). The summed E-state index contributed by atoms with van der Waals surface area (Å²) in [5, 5.41) is 0. The molecule has 0 saturated heterocycles. The van der Waals surface area contributed by atoms with Gasteiger partial charge in [0.1, 0.15) is 5.50 Å². The number of nitrogens with zero attached hydrogens (tertiary/aromatic N) is 2. The Labute approximate surface area is 69.0 Å². The fourth-order valence-corrected chi connectivity index (χ4v) is 0.700. The molecular formula is C6H7ClN2O2. The second-order valence-electron chi connectivity index (χ2n) is 1.77. The second kappa shape index (κ2) is 7.16. The van der Waals surface area contributed by atoms with Crippen LogP contribution in [0.15, 0.2) is 9.98 Å². The lowest BCUT2D eigenvalue weighted by molar-refractivity contribution is 0.557. The van der Waals surface area contributed by atoms with Crippen molar-refractivity contribution in [2.75, 3.05) is 6.54 Å². The van der Waals surface area contributed by atoms with Gasteiger partial charge in [0.25, 0.3) is 0 Å². The maximum absolute atomic E-state index is 9.64. The molecule has 1 unspecified atom stereocenters. The van der Waals surface area contributed by atoms with Gasteiger partial charge in [-0.15, -0.1) is 0 Å². The van der Waals surface area contributed by atoms with Crippen LogP contribution in [0.5, 0.6) is 0 Å². The molecule has 0 amide bonds. The van der Waals surface area contributed by atoms with Crippen LogP contribution in [0.4, 0.5) is 0 Å². The van der Waals surface area contributed by atoms with Gasteiger partial charge in [0.15, 0.2) is 0 Å². The molecule has 0 saturated carbocycles. The van der Waals surface area contributed by atoms with Gasteiger partial charge in [-0.05, 0) is 12.8 Å². The van der Waals surface area contributed by atoms with Gasteiger partial charge in [0.2, 0.25) is 12.2 Å². The Morgan fingerprint density at radius 2 is 2.09 bits per heavy atom. The highest BCUT2D eigenvalue weighted by Gasteiger charge is 1.99. The molecular weight excluding hydrogens is 168 g/mol.